The Kier molecular flexibility index (Phi) is 2.94. The Bertz CT molecular complexity index is 393. The van der Waals surface area contributed by atoms with E-state index in [1.807, 2.05) is 0 Å². The summed E-state index contributed by atoms with van der Waals surface area (Å²) < 4.78 is 1.21. The van der Waals surface area contributed by atoms with Gasteiger partial charge >= 0.3 is 0 Å². The molecule has 0 aromatic heterocycles. The Hall–Kier alpha value is -0.500. The first kappa shape index (κ1) is 11.6. The van der Waals surface area contributed by atoms with Crippen LogP contribution in [0.4, 0.5) is 5.69 Å². The van der Waals surface area contributed by atoms with Gasteiger partial charge in [0.2, 0.25) is 0 Å². The molecule has 1 heterocycles. The van der Waals surface area contributed by atoms with Crippen molar-refractivity contribution in [1.82, 2.24) is 0 Å². The molecule has 0 bridgehead atoms. The van der Waals surface area contributed by atoms with Crippen molar-refractivity contribution in [3.05, 3.63) is 28.2 Å². The maximum atomic E-state index is 3.60. The summed E-state index contributed by atoms with van der Waals surface area (Å²) in [6.45, 7) is 4.73. The van der Waals surface area contributed by atoms with Crippen molar-refractivity contribution in [2.75, 3.05) is 18.0 Å². The molecule has 1 spiro atoms. The van der Waals surface area contributed by atoms with Crippen LogP contribution in [-0.4, -0.2) is 13.1 Å². The second-order valence-corrected chi connectivity index (χ2v) is 6.82. The summed E-state index contributed by atoms with van der Waals surface area (Å²) in [6, 6.07) is 6.74. The van der Waals surface area contributed by atoms with E-state index >= 15 is 0 Å². The number of nitrogens with zero attached hydrogens (tertiary/aromatic N) is 1. The van der Waals surface area contributed by atoms with E-state index in [1.54, 1.807) is 0 Å². The molecular weight excluding hydrogens is 274 g/mol. The number of hydrogen-bond acceptors (Lipinski definition) is 1. The largest absolute Gasteiger partial charge is 0.370 e. The molecule has 0 N–H and O–H groups in total. The van der Waals surface area contributed by atoms with Gasteiger partial charge in [-0.25, -0.2) is 0 Å². The van der Waals surface area contributed by atoms with Gasteiger partial charge < -0.3 is 4.90 Å². The fourth-order valence-corrected chi connectivity index (χ4v) is 4.06. The average molecular weight is 294 g/mol. The van der Waals surface area contributed by atoms with Crippen LogP contribution in [0.1, 0.15) is 37.7 Å². The van der Waals surface area contributed by atoms with E-state index in [2.05, 4.69) is 46.0 Å². The lowest BCUT2D eigenvalue weighted by Crippen LogP contribution is -2.57. The van der Waals surface area contributed by atoms with Gasteiger partial charge in [-0.2, -0.15) is 0 Å². The summed E-state index contributed by atoms with van der Waals surface area (Å²) in [5.41, 5.74) is 3.42. The number of anilines is 1. The highest BCUT2D eigenvalue weighted by atomic mass is 79.9. The monoisotopic (exact) mass is 293 g/mol. The molecule has 0 atom stereocenters. The van der Waals surface area contributed by atoms with Crippen LogP contribution in [0.2, 0.25) is 0 Å². The van der Waals surface area contributed by atoms with Gasteiger partial charge in [-0.3, -0.25) is 0 Å². The first-order valence-electron chi connectivity index (χ1n) is 6.69. The quantitative estimate of drug-likeness (QED) is 0.735. The van der Waals surface area contributed by atoms with Gasteiger partial charge in [-0.05, 0) is 43.5 Å². The van der Waals surface area contributed by atoms with Crippen LogP contribution in [0.25, 0.3) is 0 Å². The van der Waals surface area contributed by atoms with Crippen LogP contribution < -0.4 is 4.90 Å². The Labute approximate surface area is 112 Å². The van der Waals surface area contributed by atoms with Crippen molar-refractivity contribution >= 4 is 21.6 Å². The predicted molar refractivity (Wildman–Crippen MR) is 76.6 cm³/mol. The zero-order valence-corrected chi connectivity index (χ0v) is 12.1. The summed E-state index contributed by atoms with van der Waals surface area (Å²) in [4.78, 5) is 2.54. The van der Waals surface area contributed by atoms with Crippen LogP contribution in [0.15, 0.2) is 22.7 Å². The van der Waals surface area contributed by atoms with Gasteiger partial charge in [0.05, 0.1) is 0 Å². The zero-order valence-electron chi connectivity index (χ0n) is 10.5. The molecule has 1 nitrogen and oxygen atoms in total. The molecule has 1 saturated heterocycles. The molecule has 3 rings (SSSR count). The van der Waals surface area contributed by atoms with E-state index in [9.17, 15) is 0 Å². The Morgan fingerprint density at radius 3 is 2.41 bits per heavy atom. The van der Waals surface area contributed by atoms with Gasteiger partial charge in [0, 0.05) is 28.7 Å². The van der Waals surface area contributed by atoms with E-state index in [-0.39, 0.29) is 0 Å². The molecule has 1 aliphatic heterocycles. The van der Waals surface area contributed by atoms with Gasteiger partial charge in [0.1, 0.15) is 0 Å². The molecule has 1 aromatic rings. The van der Waals surface area contributed by atoms with E-state index in [0.29, 0.717) is 5.41 Å². The SMILES string of the molecule is Cc1cc(Br)cc(N2CC3(CCCCC3)C2)c1. The zero-order chi connectivity index (χ0) is 11.9. The lowest BCUT2D eigenvalue weighted by Gasteiger charge is -2.53. The van der Waals surface area contributed by atoms with Crippen molar-refractivity contribution in [2.45, 2.75) is 39.0 Å². The first-order chi connectivity index (χ1) is 8.17. The Morgan fingerprint density at radius 2 is 1.76 bits per heavy atom. The summed E-state index contributed by atoms with van der Waals surface area (Å²) in [7, 11) is 0. The fourth-order valence-electron chi connectivity index (χ4n) is 3.46. The molecule has 0 amide bonds. The smallest absolute Gasteiger partial charge is 0.0380 e. The van der Waals surface area contributed by atoms with E-state index in [0.717, 1.165) is 0 Å². The van der Waals surface area contributed by atoms with Crippen LogP contribution in [0.5, 0.6) is 0 Å². The lowest BCUT2D eigenvalue weighted by atomic mass is 9.68. The molecule has 2 aliphatic rings. The van der Waals surface area contributed by atoms with E-state index in [1.165, 1.54) is 60.9 Å². The molecule has 0 unspecified atom stereocenters. The van der Waals surface area contributed by atoms with Gasteiger partial charge in [0.25, 0.3) is 0 Å². The minimum atomic E-state index is 0.675. The molecule has 17 heavy (non-hydrogen) atoms. The van der Waals surface area contributed by atoms with Crippen LogP contribution in [0.3, 0.4) is 0 Å². The van der Waals surface area contributed by atoms with Crippen molar-refractivity contribution < 1.29 is 0 Å². The maximum absolute atomic E-state index is 3.60. The van der Waals surface area contributed by atoms with Crippen LogP contribution in [-0.2, 0) is 0 Å². The highest BCUT2D eigenvalue weighted by Gasteiger charge is 2.43. The van der Waals surface area contributed by atoms with E-state index in [4.69, 9.17) is 0 Å². The van der Waals surface area contributed by atoms with Crippen LogP contribution >= 0.6 is 15.9 Å². The van der Waals surface area contributed by atoms with Gasteiger partial charge in [0.15, 0.2) is 0 Å². The summed E-state index contributed by atoms with van der Waals surface area (Å²) in [5, 5.41) is 0. The highest BCUT2D eigenvalue weighted by molar-refractivity contribution is 9.10. The van der Waals surface area contributed by atoms with Gasteiger partial charge in [-0.1, -0.05) is 35.2 Å². The minimum absolute atomic E-state index is 0.675. The Balaban J connectivity index is 1.71. The van der Waals surface area contributed by atoms with Gasteiger partial charge in [-0.15, -0.1) is 0 Å². The average Bonchev–Trinajstić information content (AvgIpc) is 2.25. The summed E-state index contributed by atoms with van der Waals surface area (Å²) in [6.07, 6.45) is 7.27. The lowest BCUT2D eigenvalue weighted by molar-refractivity contribution is 0.139. The molecule has 2 heteroatoms. The number of rotatable bonds is 1. The molecular formula is C15H20BrN. The predicted octanol–water partition coefficient (Wildman–Crippen LogP) is 4.53. The van der Waals surface area contributed by atoms with E-state index < -0.39 is 0 Å². The molecule has 2 fully saturated rings. The number of benzene rings is 1. The van der Waals surface area contributed by atoms with Crippen molar-refractivity contribution in [2.24, 2.45) is 5.41 Å². The maximum Gasteiger partial charge on any atom is 0.0380 e. The second kappa shape index (κ2) is 4.31. The molecule has 1 aliphatic carbocycles. The first-order valence-corrected chi connectivity index (χ1v) is 7.48. The summed E-state index contributed by atoms with van der Waals surface area (Å²) >= 11 is 3.60. The van der Waals surface area contributed by atoms with Crippen LogP contribution in [0, 0.1) is 12.3 Å². The molecule has 0 radical (unpaired) electrons. The normalized spacial score (nSPS) is 22.6. The summed E-state index contributed by atoms with van der Waals surface area (Å²) in [5.74, 6) is 0. The molecule has 1 aromatic carbocycles. The minimum Gasteiger partial charge on any atom is -0.370 e. The Morgan fingerprint density at radius 1 is 1.06 bits per heavy atom. The highest BCUT2D eigenvalue weighted by Crippen LogP contribution is 2.45. The third-order valence-electron chi connectivity index (χ3n) is 4.36. The number of hydrogen-bond donors (Lipinski definition) is 0. The standard InChI is InChI=1S/C15H20BrN/c1-12-7-13(16)9-14(8-12)17-10-15(11-17)5-3-2-4-6-15/h7-9H,2-6,10-11H2,1H3. The third kappa shape index (κ3) is 2.24. The van der Waals surface area contributed by atoms with Crippen molar-refractivity contribution in [1.29, 1.82) is 0 Å². The number of aryl methyl sites for hydroxylation is 1. The third-order valence-corrected chi connectivity index (χ3v) is 4.82. The molecule has 1 saturated carbocycles. The van der Waals surface area contributed by atoms with Crippen molar-refractivity contribution in [3.8, 4) is 0 Å². The second-order valence-electron chi connectivity index (χ2n) is 5.90. The number of halogens is 1. The topological polar surface area (TPSA) is 3.24 Å². The van der Waals surface area contributed by atoms with Crippen molar-refractivity contribution in [3.63, 3.8) is 0 Å². The molecule has 92 valence electrons. The fraction of sp³-hybridized carbons (Fsp3) is 0.600.